The van der Waals surface area contributed by atoms with E-state index in [4.69, 9.17) is 11.5 Å². The van der Waals surface area contributed by atoms with E-state index in [1.807, 2.05) is 0 Å². The molecule has 0 aliphatic carbocycles. The number of carbonyl (C=O) groups excluding carboxylic acids is 2. The lowest BCUT2D eigenvalue weighted by Crippen LogP contribution is -2.19. The molecule has 108 valence electrons. The van der Waals surface area contributed by atoms with Crippen LogP contribution in [0, 0.1) is 5.82 Å². The number of hydrogen-bond acceptors (Lipinski definition) is 3. The molecular formula is C14H13FN4O2. The number of benzene rings is 2. The Kier molecular flexibility index (Phi) is 4.03. The summed E-state index contributed by atoms with van der Waals surface area (Å²) in [6, 6.07) is 9.46. The summed E-state index contributed by atoms with van der Waals surface area (Å²) in [6.45, 7) is 0. The van der Waals surface area contributed by atoms with E-state index in [2.05, 4.69) is 10.6 Å². The summed E-state index contributed by atoms with van der Waals surface area (Å²) in [7, 11) is 0. The van der Waals surface area contributed by atoms with Gasteiger partial charge in [0, 0.05) is 16.9 Å². The van der Waals surface area contributed by atoms with Gasteiger partial charge < -0.3 is 22.1 Å². The number of carbonyl (C=O) groups is 2. The summed E-state index contributed by atoms with van der Waals surface area (Å²) < 4.78 is 13.3. The predicted octanol–water partition coefficient (Wildman–Crippen LogP) is 2.15. The maximum absolute atomic E-state index is 13.3. The number of halogens is 1. The Bertz CT molecular complexity index is 703. The molecule has 2 aromatic carbocycles. The van der Waals surface area contributed by atoms with Gasteiger partial charge in [0.1, 0.15) is 5.82 Å². The van der Waals surface area contributed by atoms with Gasteiger partial charge in [0.2, 0.25) is 0 Å². The lowest BCUT2D eigenvalue weighted by Gasteiger charge is -2.08. The van der Waals surface area contributed by atoms with Crippen molar-refractivity contribution in [2.45, 2.75) is 0 Å². The Morgan fingerprint density at radius 3 is 2.29 bits per heavy atom. The second-order valence-corrected chi connectivity index (χ2v) is 4.26. The van der Waals surface area contributed by atoms with E-state index in [0.717, 1.165) is 6.07 Å². The van der Waals surface area contributed by atoms with Crippen LogP contribution in [0.25, 0.3) is 0 Å². The van der Waals surface area contributed by atoms with Crippen LogP contribution in [0.2, 0.25) is 0 Å². The van der Waals surface area contributed by atoms with Crippen LogP contribution >= 0.6 is 0 Å². The second kappa shape index (κ2) is 5.91. The minimum atomic E-state index is -0.709. The lowest BCUT2D eigenvalue weighted by molar-refractivity contribution is 0.102. The first-order valence-corrected chi connectivity index (χ1v) is 5.98. The molecule has 0 bridgehead atoms. The fraction of sp³-hybridized carbons (Fsp3) is 0. The van der Waals surface area contributed by atoms with Gasteiger partial charge in [-0.15, -0.1) is 0 Å². The standard InChI is InChI=1S/C14H13FN4O2/c15-11-6-8(4-5-12(11)16)13(20)18-9-2-1-3-10(7-9)19-14(17)21/h1-7H,16H2,(H,18,20)(H3,17,19,21). The Labute approximate surface area is 119 Å². The van der Waals surface area contributed by atoms with Gasteiger partial charge in [0.15, 0.2) is 0 Å². The number of anilines is 3. The highest BCUT2D eigenvalue weighted by Gasteiger charge is 2.09. The van der Waals surface area contributed by atoms with Crippen molar-refractivity contribution < 1.29 is 14.0 Å². The van der Waals surface area contributed by atoms with E-state index in [1.54, 1.807) is 18.2 Å². The summed E-state index contributed by atoms with van der Waals surface area (Å²) in [4.78, 5) is 22.7. The second-order valence-electron chi connectivity index (χ2n) is 4.26. The first-order chi connectivity index (χ1) is 9.95. The Balaban J connectivity index is 2.15. The number of nitrogen functional groups attached to an aromatic ring is 1. The summed E-state index contributed by atoms with van der Waals surface area (Å²) in [5, 5.41) is 4.97. The number of nitrogens with two attached hydrogens (primary N) is 2. The van der Waals surface area contributed by atoms with Crippen molar-refractivity contribution in [2.24, 2.45) is 5.73 Å². The predicted molar refractivity (Wildman–Crippen MR) is 78.4 cm³/mol. The Morgan fingerprint density at radius 2 is 1.67 bits per heavy atom. The highest BCUT2D eigenvalue weighted by Crippen LogP contribution is 2.17. The van der Waals surface area contributed by atoms with Gasteiger partial charge in [0.25, 0.3) is 5.91 Å². The van der Waals surface area contributed by atoms with Crippen LogP contribution in [0.15, 0.2) is 42.5 Å². The van der Waals surface area contributed by atoms with Gasteiger partial charge in [-0.3, -0.25) is 4.79 Å². The third kappa shape index (κ3) is 3.69. The molecule has 2 rings (SSSR count). The van der Waals surface area contributed by atoms with Gasteiger partial charge in [-0.25, -0.2) is 9.18 Å². The molecule has 21 heavy (non-hydrogen) atoms. The van der Waals surface area contributed by atoms with Crippen LogP contribution in [0.3, 0.4) is 0 Å². The molecule has 0 spiro atoms. The molecular weight excluding hydrogens is 275 g/mol. The molecule has 7 heteroatoms. The quantitative estimate of drug-likeness (QED) is 0.649. The Hall–Kier alpha value is -3.09. The molecule has 0 unspecified atom stereocenters. The average Bonchev–Trinajstić information content (AvgIpc) is 2.41. The van der Waals surface area contributed by atoms with Crippen molar-refractivity contribution in [1.82, 2.24) is 0 Å². The maximum Gasteiger partial charge on any atom is 0.316 e. The monoisotopic (exact) mass is 288 g/mol. The van der Waals surface area contributed by atoms with Crippen molar-refractivity contribution in [3.05, 3.63) is 53.8 Å². The number of primary amides is 1. The fourth-order valence-electron chi connectivity index (χ4n) is 1.69. The molecule has 0 saturated heterocycles. The van der Waals surface area contributed by atoms with Crippen LogP contribution in [0.4, 0.5) is 26.2 Å². The zero-order valence-electron chi connectivity index (χ0n) is 10.9. The molecule has 3 amide bonds. The highest BCUT2D eigenvalue weighted by atomic mass is 19.1. The van der Waals surface area contributed by atoms with Crippen molar-refractivity contribution in [1.29, 1.82) is 0 Å². The average molecular weight is 288 g/mol. The summed E-state index contributed by atoms with van der Waals surface area (Å²) in [5.41, 5.74) is 11.3. The third-order valence-electron chi connectivity index (χ3n) is 2.65. The normalized spacial score (nSPS) is 9.95. The third-order valence-corrected chi connectivity index (χ3v) is 2.65. The van der Waals surface area contributed by atoms with E-state index in [1.165, 1.54) is 18.2 Å². The maximum atomic E-state index is 13.3. The van der Waals surface area contributed by atoms with Crippen molar-refractivity contribution >= 4 is 29.0 Å². The number of rotatable bonds is 3. The smallest absolute Gasteiger partial charge is 0.316 e. The van der Waals surface area contributed by atoms with Crippen molar-refractivity contribution in [3.63, 3.8) is 0 Å². The number of amides is 3. The largest absolute Gasteiger partial charge is 0.396 e. The first-order valence-electron chi connectivity index (χ1n) is 5.98. The van der Waals surface area contributed by atoms with Crippen LogP contribution in [-0.2, 0) is 0 Å². The Morgan fingerprint density at radius 1 is 1.00 bits per heavy atom. The lowest BCUT2D eigenvalue weighted by atomic mass is 10.2. The fourth-order valence-corrected chi connectivity index (χ4v) is 1.69. The van der Waals surface area contributed by atoms with Gasteiger partial charge in [-0.2, -0.15) is 0 Å². The zero-order chi connectivity index (χ0) is 15.4. The molecule has 0 radical (unpaired) electrons. The molecule has 0 fully saturated rings. The van der Waals surface area contributed by atoms with E-state index in [-0.39, 0.29) is 11.3 Å². The van der Waals surface area contributed by atoms with Crippen molar-refractivity contribution in [3.8, 4) is 0 Å². The molecule has 6 nitrogen and oxygen atoms in total. The van der Waals surface area contributed by atoms with E-state index in [9.17, 15) is 14.0 Å². The summed E-state index contributed by atoms with van der Waals surface area (Å²) in [6.07, 6.45) is 0. The van der Waals surface area contributed by atoms with E-state index in [0.29, 0.717) is 11.4 Å². The number of hydrogen-bond donors (Lipinski definition) is 4. The van der Waals surface area contributed by atoms with Crippen LogP contribution in [-0.4, -0.2) is 11.9 Å². The number of urea groups is 1. The van der Waals surface area contributed by atoms with Crippen molar-refractivity contribution in [2.75, 3.05) is 16.4 Å². The van der Waals surface area contributed by atoms with Gasteiger partial charge in [0.05, 0.1) is 5.69 Å². The molecule has 0 aromatic heterocycles. The molecule has 0 atom stereocenters. The van der Waals surface area contributed by atoms with Crippen LogP contribution in [0.5, 0.6) is 0 Å². The highest BCUT2D eigenvalue weighted by molar-refractivity contribution is 6.04. The summed E-state index contributed by atoms with van der Waals surface area (Å²) in [5.74, 6) is -1.16. The van der Waals surface area contributed by atoms with Gasteiger partial charge in [-0.1, -0.05) is 6.07 Å². The minimum absolute atomic E-state index is 0.0285. The number of nitrogens with one attached hydrogen (secondary N) is 2. The van der Waals surface area contributed by atoms with E-state index < -0.39 is 17.8 Å². The molecule has 0 aliphatic rings. The van der Waals surface area contributed by atoms with Crippen LogP contribution < -0.4 is 22.1 Å². The zero-order valence-corrected chi connectivity index (χ0v) is 10.9. The molecule has 0 heterocycles. The molecule has 2 aromatic rings. The SMILES string of the molecule is NC(=O)Nc1cccc(NC(=O)c2ccc(N)c(F)c2)c1. The molecule has 6 N–H and O–H groups in total. The summed E-state index contributed by atoms with van der Waals surface area (Å²) >= 11 is 0. The first kappa shape index (κ1) is 14.3. The topological polar surface area (TPSA) is 110 Å². The molecule has 0 saturated carbocycles. The van der Waals surface area contributed by atoms with Crippen LogP contribution in [0.1, 0.15) is 10.4 Å². The molecule has 0 aliphatic heterocycles. The van der Waals surface area contributed by atoms with Gasteiger partial charge in [-0.05, 0) is 36.4 Å². The minimum Gasteiger partial charge on any atom is -0.396 e. The van der Waals surface area contributed by atoms with Gasteiger partial charge >= 0.3 is 6.03 Å². The van der Waals surface area contributed by atoms with E-state index >= 15 is 0 Å².